The Morgan fingerprint density at radius 2 is 1.86 bits per heavy atom. The molecule has 2 aromatic rings. The maximum absolute atomic E-state index is 12.9. The zero-order chi connectivity index (χ0) is 26.3. The van der Waals surface area contributed by atoms with Gasteiger partial charge in [0.25, 0.3) is 5.91 Å². The van der Waals surface area contributed by atoms with Crippen LogP contribution in [0.3, 0.4) is 0 Å². The van der Waals surface area contributed by atoms with E-state index < -0.39 is 54.4 Å². The van der Waals surface area contributed by atoms with E-state index in [1.165, 1.54) is 17.0 Å². The molecule has 1 saturated heterocycles. The van der Waals surface area contributed by atoms with E-state index >= 15 is 0 Å². The van der Waals surface area contributed by atoms with Crippen molar-refractivity contribution in [3.63, 3.8) is 0 Å². The van der Waals surface area contributed by atoms with E-state index in [2.05, 4.69) is 17.2 Å². The van der Waals surface area contributed by atoms with Crippen molar-refractivity contribution >= 4 is 17.9 Å². The molecule has 1 heterocycles. The third-order valence-corrected chi connectivity index (χ3v) is 5.72. The van der Waals surface area contributed by atoms with E-state index in [0.717, 1.165) is 17.7 Å². The summed E-state index contributed by atoms with van der Waals surface area (Å²) in [4.78, 5) is 38.0. The number of hydrogen-bond donors (Lipinski definition) is 3. The maximum atomic E-state index is 12.9. The molecule has 0 saturated carbocycles. The number of nitrogens with one attached hydrogen (secondary N) is 2. The average Bonchev–Trinajstić information content (AvgIpc) is 3.18. The van der Waals surface area contributed by atoms with Crippen molar-refractivity contribution in [2.45, 2.75) is 30.8 Å². The molecule has 36 heavy (non-hydrogen) atoms. The number of amides is 3. The van der Waals surface area contributed by atoms with Gasteiger partial charge in [-0.1, -0.05) is 42.5 Å². The topological polar surface area (TPSA) is 108 Å². The lowest BCUT2D eigenvalue weighted by molar-refractivity contribution is -0.137. The van der Waals surface area contributed by atoms with Gasteiger partial charge in [-0.05, 0) is 30.2 Å². The Balaban J connectivity index is 1.67. The predicted molar refractivity (Wildman–Crippen MR) is 124 cm³/mol. The van der Waals surface area contributed by atoms with E-state index in [0.29, 0.717) is 12.5 Å². The summed E-state index contributed by atoms with van der Waals surface area (Å²) in [6.07, 6.45) is -4.60. The largest absolute Gasteiger partial charge is 0.465 e. The first-order valence-electron chi connectivity index (χ1n) is 11.1. The molecular weight excluding hydrogens is 479 g/mol. The summed E-state index contributed by atoms with van der Waals surface area (Å²) in [5.41, 5.74) is -0.335. The number of likely N-dealkylation sites (tertiary alicyclic amines) is 1. The van der Waals surface area contributed by atoms with Crippen LogP contribution in [-0.2, 0) is 22.1 Å². The SMILES string of the molecule is C=CCO[C@@H]1C(Cc2ccccc2)N(C(=O)O)C[C@@H]1NC(=O)CNC(=O)c1cccc(C(F)(F)F)c1. The number of benzene rings is 2. The molecule has 0 aromatic heterocycles. The minimum absolute atomic E-state index is 0.0397. The summed E-state index contributed by atoms with van der Waals surface area (Å²) in [5, 5.41) is 14.7. The van der Waals surface area contributed by atoms with Crippen LogP contribution in [0.15, 0.2) is 67.3 Å². The van der Waals surface area contributed by atoms with Gasteiger partial charge in [0.1, 0.15) is 6.10 Å². The molecule has 8 nitrogen and oxygen atoms in total. The van der Waals surface area contributed by atoms with E-state index in [1.807, 2.05) is 30.3 Å². The Labute approximate surface area is 205 Å². The summed E-state index contributed by atoms with van der Waals surface area (Å²) in [6, 6.07) is 11.8. The summed E-state index contributed by atoms with van der Waals surface area (Å²) in [7, 11) is 0. The second-order valence-electron chi connectivity index (χ2n) is 8.21. The third kappa shape index (κ3) is 6.85. The summed E-state index contributed by atoms with van der Waals surface area (Å²) >= 11 is 0. The highest BCUT2D eigenvalue weighted by atomic mass is 19.4. The van der Waals surface area contributed by atoms with Crippen molar-refractivity contribution in [1.82, 2.24) is 15.5 Å². The van der Waals surface area contributed by atoms with Crippen LogP contribution in [0.2, 0.25) is 0 Å². The Morgan fingerprint density at radius 1 is 1.14 bits per heavy atom. The molecule has 2 aromatic carbocycles. The lowest BCUT2D eigenvalue weighted by Gasteiger charge is -2.27. The first-order valence-corrected chi connectivity index (χ1v) is 11.1. The Bertz CT molecular complexity index is 1090. The molecule has 3 amide bonds. The van der Waals surface area contributed by atoms with Crippen LogP contribution < -0.4 is 10.6 Å². The van der Waals surface area contributed by atoms with Gasteiger partial charge in [0, 0.05) is 12.1 Å². The molecule has 1 aliphatic rings. The van der Waals surface area contributed by atoms with Crippen molar-refractivity contribution in [2.75, 3.05) is 19.7 Å². The number of carbonyl (C=O) groups is 3. The number of ether oxygens (including phenoxy) is 1. The van der Waals surface area contributed by atoms with Crippen LogP contribution >= 0.6 is 0 Å². The number of rotatable bonds is 9. The highest BCUT2D eigenvalue weighted by Crippen LogP contribution is 2.29. The zero-order valence-corrected chi connectivity index (χ0v) is 19.2. The number of carboxylic acid groups (broad SMARTS) is 1. The Hall–Kier alpha value is -3.86. The molecule has 192 valence electrons. The highest BCUT2D eigenvalue weighted by Gasteiger charge is 2.45. The second kappa shape index (κ2) is 11.7. The van der Waals surface area contributed by atoms with Gasteiger partial charge in [0.05, 0.1) is 30.8 Å². The first-order chi connectivity index (χ1) is 17.1. The molecule has 1 aliphatic heterocycles. The molecule has 0 spiro atoms. The van der Waals surface area contributed by atoms with Gasteiger partial charge in [-0.25, -0.2) is 4.79 Å². The van der Waals surface area contributed by atoms with Gasteiger partial charge in [-0.3, -0.25) is 9.59 Å². The quantitative estimate of drug-likeness (QED) is 0.454. The van der Waals surface area contributed by atoms with Crippen molar-refractivity contribution in [3.05, 3.63) is 83.9 Å². The first kappa shape index (κ1) is 26.7. The van der Waals surface area contributed by atoms with Gasteiger partial charge >= 0.3 is 12.3 Å². The number of alkyl halides is 3. The average molecular weight is 505 g/mol. The van der Waals surface area contributed by atoms with Crippen LogP contribution in [0.4, 0.5) is 18.0 Å². The van der Waals surface area contributed by atoms with E-state index in [1.54, 1.807) is 0 Å². The molecular formula is C25H26F3N3O5. The number of carbonyl (C=O) groups excluding carboxylic acids is 2. The lowest BCUT2D eigenvalue weighted by atomic mass is 10.00. The number of nitrogens with zero attached hydrogens (tertiary/aromatic N) is 1. The second-order valence-corrected chi connectivity index (χ2v) is 8.21. The maximum Gasteiger partial charge on any atom is 0.416 e. The van der Waals surface area contributed by atoms with Crippen molar-refractivity contribution in [3.8, 4) is 0 Å². The molecule has 1 fully saturated rings. The summed E-state index contributed by atoms with van der Waals surface area (Å²) < 4.78 is 44.5. The summed E-state index contributed by atoms with van der Waals surface area (Å²) in [6.45, 7) is 3.18. The minimum Gasteiger partial charge on any atom is -0.465 e. The molecule has 3 atom stereocenters. The molecule has 3 rings (SSSR count). The van der Waals surface area contributed by atoms with Crippen molar-refractivity contribution in [1.29, 1.82) is 0 Å². The van der Waals surface area contributed by atoms with Crippen LogP contribution in [0.25, 0.3) is 0 Å². The standard InChI is InChI=1S/C25H26F3N3O5/c1-2-11-36-22-19(15-31(24(34)35)20(22)12-16-7-4-3-5-8-16)30-21(32)14-29-23(33)17-9-6-10-18(13-17)25(26,27)28/h2-10,13,19-20,22H,1,11-12,14-15H2,(H,29,33)(H,30,32)(H,34,35)/t19-,20?,22-/m0/s1. The molecule has 11 heteroatoms. The normalized spacial score (nSPS) is 19.5. The third-order valence-electron chi connectivity index (χ3n) is 5.72. The van der Waals surface area contributed by atoms with Gasteiger partial charge in [-0.15, -0.1) is 6.58 Å². The van der Waals surface area contributed by atoms with Gasteiger partial charge in [0.2, 0.25) is 5.91 Å². The minimum atomic E-state index is -4.61. The molecule has 0 bridgehead atoms. The van der Waals surface area contributed by atoms with E-state index in [9.17, 15) is 32.7 Å². The van der Waals surface area contributed by atoms with Gasteiger partial charge in [-0.2, -0.15) is 13.2 Å². The van der Waals surface area contributed by atoms with Crippen LogP contribution in [0, 0.1) is 0 Å². The van der Waals surface area contributed by atoms with Crippen LogP contribution in [0.1, 0.15) is 21.5 Å². The van der Waals surface area contributed by atoms with Crippen molar-refractivity contribution < 1.29 is 37.4 Å². The predicted octanol–water partition coefficient (Wildman–Crippen LogP) is 3.10. The highest BCUT2D eigenvalue weighted by molar-refractivity contribution is 5.96. The monoisotopic (exact) mass is 505 g/mol. The fourth-order valence-electron chi connectivity index (χ4n) is 4.09. The fraction of sp³-hybridized carbons (Fsp3) is 0.320. The van der Waals surface area contributed by atoms with Crippen LogP contribution in [-0.4, -0.2) is 65.8 Å². The number of hydrogen-bond acceptors (Lipinski definition) is 4. The summed E-state index contributed by atoms with van der Waals surface area (Å²) in [5.74, 6) is -1.49. The zero-order valence-electron chi connectivity index (χ0n) is 19.2. The van der Waals surface area contributed by atoms with Gasteiger partial charge < -0.3 is 25.4 Å². The smallest absolute Gasteiger partial charge is 0.416 e. The lowest BCUT2D eigenvalue weighted by Crippen LogP contribution is -2.49. The Morgan fingerprint density at radius 3 is 2.50 bits per heavy atom. The van der Waals surface area contributed by atoms with Crippen molar-refractivity contribution in [2.24, 2.45) is 0 Å². The van der Waals surface area contributed by atoms with Gasteiger partial charge in [0.15, 0.2) is 0 Å². The fourth-order valence-corrected chi connectivity index (χ4v) is 4.09. The molecule has 0 aliphatic carbocycles. The van der Waals surface area contributed by atoms with Crippen LogP contribution in [0.5, 0.6) is 0 Å². The van der Waals surface area contributed by atoms with E-state index in [4.69, 9.17) is 4.74 Å². The number of halogens is 3. The molecule has 3 N–H and O–H groups in total. The molecule has 1 unspecified atom stereocenters. The Kier molecular flexibility index (Phi) is 8.70. The molecule has 0 radical (unpaired) electrons. The van der Waals surface area contributed by atoms with E-state index in [-0.39, 0.29) is 18.7 Å².